The number of halogens is 5. The molecule has 0 spiro atoms. The van der Waals surface area contributed by atoms with E-state index in [0.29, 0.717) is 10.0 Å². The first-order valence-electron chi connectivity index (χ1n) is 5.67. The van der Waals surface area contributed by atoms with Gasteiger partial charge in [0.1, 0.15) is 6.67 Å². The van der Waals surface area contributed by atoms with Crippen LogP contribution >= 0.6 is 48.0 Å². The number of piperazine rings is 1. The molecule has 0 aliphatic carbocycles. The molecule has 1 aromatic carbocycles. The minimum Gasteiger partial charge on any atom is -0.314 e. The van der Waals surface area contributed by atoms with Crippen LogP contribution in [0.25, 0.3) is 0 Å². The van der Waals surface area contributed by atoms with E-state index in [9.17, 15) is 4.39 Å². The molecule has 0 bridgehead atoms. The van der Waals surface area contributed by atoms with Gasteiger partial charge >= 0.3 is 0 Å². The van der Waals surface area contributed by atoms with Crippen LogP contribution in [0.1, 0.15) is 11.6 Å². The van der Waals surface area contributed by atoms with Gasteiger partial charge in [0.15, 0.2) is 0 Å². The van der Waals surface area contributed by atoms with Gasteiger partial charge in [0.2, 0.25) is 0 Å². The van der Waals surface area contributed by atoms with Gasteiger partial charge in [-0.2, -0.15) is 0 Å². The summed E-state index contributed by atoms with van der Waals surface area (Å²) in [6.07, 6.45) is 0. The van der Waals surface area contributed by atoms with Crippen LogP contribution in [-0.2, 0) is 0 Å². The van der Waals surface area contributed by atoms with Gasteiger partial charge in [-0.15, -0.1) is 24.8 Å². The molecular formula is C12H17Cl4FN2. The number of hydrogen-bond acceptors (Lipinski definition) is 2. The molecule has 19 heavy (non-hydrogen) atoms. The highest BCUT2D eigenvalue weighted by atomic mass is 35.5. The molecule has 1 aliphatic rings. The van der Waals surface area contributed by atoms with Crippen molar-refractivity contribution in [3.05, 3.63) is 33.8 Å². The van der Waals surface area contributed by atoms with E-state index in [2.05, 4.69) is 10.2 Å². The van der Waals surface area contributed by atoms with Gasteiger partial charge in [0, 0.05) is 36.2 Å². The van der Waals surface area contributed by atoms with Gasteiger partial charge in [-0.3, -0.25) is 4.90 Å². The molecule has 1 heterocycles. The average molecular weight is 350 g/mol. The third-order valence-electron chi connectivity index (χ3n) is 3.01. The molecule has 0 unspecified atom stereocenters. The van der Waals surface area contributed by atoms with Gasteiger partial charge < -0.3 is 5.32 Å². The molecule has 0 radical (unpaired) electrons. The molecular weight excluding hydrogens is 333 g/mol. The lowest BCUT2D eigenvalue weighted by Gasteiger charge is -2.33. The zero-order valence-corrected chi connectivity index (χ0v) is 13.4. The average Bonchev–Trinajstić information content (AvgIpc) is 2.30. The second-order valence-corrected chi connectivity index (χ2v) is 5.03. The van der Waals surface area contributed by atoms with Crippen molar-refractivity contribution in [1.82, 2.24) is 10.2 Å². The van der Waals surface area contributed by atoms with Crippen LogP contribution in [-0.4, -0.2) is 37.8 Å². The number of nitrogens with one attached hydrogen (secondary N) is 1. The number of nitrogens with zero attached hydrogens (tertiary/aromatic N) is 1. The molecule has 2 nitrogen and oxygen atoms in total. The van der Waals surface area contributed by atoms with Crippen LogP contribution in [0.15, 0.2) is 18.2 Å². The maximum atomic E-state index is 13.2. The predicted molar refractivity (Wildman–Crippen MR) is 84.1 cm³/mol. The molecule has 110 valence electrons. The molecule has 7 heteroatoms. The van der Waals surface area contributed by atoms with Gasteiger partial charge in [-0.05, 0) is 23.8 Å². The van der Waals surface area contributed by atoms with Crippen LogP contribution in [0.5, 0.6) is 0 Å². The Morgan fingerprint density at radius 1 is 1.11 bits per heavy atom. The first-order chi connectivity index (χ1) is 8.20. The summed E-state index contributed by atoms with van der Waals surface area (Å²) in [5, 5.41) is 4.36. The second-order valence-electron chi connectivity index (χ2n) is 4.16. The highest BCUT2D eigenvalue weighted by Gasteiger charge is 2.22. The Labute approximate surface area is 135 Å². The second kappa shape index (κ2) is 9.22. The Hall–Kier alpha value is 0.230. The maximum Gasteiger partial charge on any atom is 0.109 e. The fourth-order valence-electron chi connectivity index (χ4n) is 2.16. The summed E-state index contributed by atoms with van der Waals surface area (Å²) in [5.74, 6) is 0. The first-order valence-corrected chi connectivity index (χ1v) is 6.43. The van der Waals surface area contributed by atoms with Crippen LogP contribution < -0.4 is 5.32 Å². The lowest BCUT2D eigenvalue weighted by Crippen LogP contribution is -2.45. The molecule has 1 fully saturated rings. The highest BCUT2D eigenvalue weighted by Crippen LogP contribution is 2.27. The third-order valence-corrected chi connectivity index (χ3v) is 3.44. The highest BCUT2D eigenvalue weighted by molar-refractivity contribution is 6.34. The molecule has 1 aliphatic heterocycles. The fourth-order valence-corrected chi connectivity index (χ4v) is 2.70. The summed E-state index contributed by atoms with van der Waals surface area (Å²) in [5.41, 5.74) is 0.854. The molecule has 1 atom stereocenters. The molecule has 0 saturated carbocycles. The summed E-state index contributed by atoms with van der Waals surface area (Å²) in [7, 11) is 0. The van der Waals surface area contributed by atoms with E-state index in [1.807, 2.05) is 0 Å². The van der Waals surface area contributed by atoms with Crippen molar-refractivity contribution >= 4 is 48.0 Å². The molecule has 0 amide bonds. The SMILES string of the molecule is Cl.Cl.FC[C@H](c1cc(Cl)cc(Cl)c1)N1CCNCC1. The van der Waals surface area contributed by atoms with Crippen molar-refractivity contribution in [2.45, 2.75) is 6.04 Å². The largest absolute Gasteiger partial charge is 0.314 e. The van der Waals surface area contributed by atoms with Crippen LogP contribution in [0.2, 0.25) is 10.0 Å². The quantitative estimate of drug-likeness (QED) is 0.893. The summed E-state index contributed by atoms with van der Waals surface area (Å²) >= 11 is 11.9. The van der Waals surface area contributed by atoms with Crippen molar-refractivity contribution in [3.8, 4) is 0 Å². The van der Waals surface area contributed by atoms with Crippen molar-refractivity contribution < 1.29 is 4.39 Å². The molecule has 1 aromatic rings. The van der Waals surface area contributed by atoms with E-state index in [1.165, 1.54) is 0 Å². The Morgan fingerprint density at radius 2 is 1.63 bits per heavy atom. The van der Waals surface area contributed by atoms with Crippen molar-refractivity contribution in [3.63, 3.8) is 0 Å². The summed E-state index contributed by atoms with van der Waals surface area (Å²) in [4.78, 5) is 2.12. The Kier molecular flexibility index (Phi) is 9.33. The maximum absolute atomic E-state index is 13.2. The van der Waals surface area contributed by atoms with E-state index >= 15 is 0 Å². The summed E-state index contributed by atoms with van der Waals surface area (Å²) in [6.45, 7) is 3.06. The topological polar surface area (TPSA) is 15.3 Å². The standard InChI is InChI=1S/C12H15Cl2FN2.2ClH/c13-10-5-9(6-11(14)7-10)12(8-15)17-3-1-16-2-4-17;;/h5-7,12,16H,1-4,8H2;2*1H/t12-;;/m1../s1. The molecule has 1 saturated heterocycles. The van der Waals surface area contributed by atoms with E-state index < -0.39 is 6.67 Å². The van der Waals surface area contributed by atoms with Crippen LogP contribution in [0.4, 0.5) is 4.39 Å². The number of alkyl halides is 1. The predicted octanol–water partition coefficient (Wildman–Crippen LogP) is 3.75. The lowest BCUT2D eigenvalue weighted by atomic mass is 10.1. The van der Waals surface area contributed by atoms with Crippen molar-refractivity contribution in [1.29, 1.82) is 0 Å². The van der Waals surface area contributed by atoms with Crippen molar-refractivity contribution in [2.75, 3.05) is 32.9 Å². The monoisotopic (exact) mass is 348 g/mol. The molecule has 1 N–H and O–H groups in total. The Bertz CT molecular complexity index is 366. The van der Waals surface area contributed by atoms with E-state index in [1.54, 1.807) is 18.2 Å². The van der Waals surface area contributed by atoms with Gasteiger partial charge in [-0.25, -0.2) is 4.39 Å². The minimum atomic E-state index is -0.420. The van der Waals surface area contributed by atoms with Crippen LogP contribution in [0.3, 0.4) is 0 Å². The Balaban J connectivity index is 0.00000162. The van der Waals surface area contributed by atoms with Crippen molar-refractivity contribution in [2.24, 2.45) is 0 Å². The van der Waals surface area contributed by atoms with E-state index in [4.69, 9.17) is 23.2 Å². The number of benzene rings is 1. The first kappa shape index (κ1) is 19.2. The summed E-state index contributed by atoms with van der Waals surface area (Å²) < 4.78 is 13.2. The van der Waals surface area contributed by atoms with Gasteiger partial charge in [0.25, 0.3) is 0 Å². The fraction of sp³-hybridized carbons (Fsp3) is 0.500. The van der Waals surface area contributed by atoms with Gasteiger partial charge in [0.05, 0.1) is 6.04 Å². The lowest BCUT2D eigenvalue weighted by molar-refractivity contribution is 0.147. The smallest absolute Gasteiger partial charge is 0.109 e. The number of hydrogen-bond donors (Lipinski definition) is 1. The van der Waals surface area contributed by atoms with Gasteiger partial charge in [-0.1, -0.05) is 23.2 Å². The zero-order valence-electron chi connectivity index (χ0n) is 10.2. The molecule has 2 rings (SSSR count). The number of rotatable bonds is 3. The Morgan fingerprint density at radius 3 is 2.11 bits per heavy atom. The normalized spacial score (nSPS) is 17.2. The van der Waals surface area contributed by atoms with E-state index in [-0.39, 0.29) is 30.9 Å². The summed E-state index contributed by atoms with van der Waals surface area (Å²) in [6, 6.07) is 5.01. The van der Waals surface area contributed by atoms with E-state index in [0.717, 1.165) is 31.7 Å². The molecule has 0 aromatic heterocycles. The van der Waals surface area contributed by atoms with Crippen LogP contribution in [0, 0.1) is 0 Å². The minimum absolute atomic E-state index is 0. The third kappa shape index (κ3) is 5.25. The zero-order chi connectivity index (χ0) is 12.3.